The fourth-order valence-corrected chi connectivity index (χ4v) is 2.23. The van der Waals surface area contributed by atoms with Gasteiger partial charge in [0.25, 0.3) is 0 Å². The maximum absolute atomic E-state index is 11.5. The van der Waals surface area contributed by atoms with E-state index < -0.39 is 0 Å². The molecule has 4 heteroatoms. The van der Waals surface area contributed by atoms with E-state index in [1.807, 2.05) is 26.2 Å². The molecule has 0 saturated heterocycles. The van der Waals surface area contributed by atoms with Gasteiger partial charge in [-0.25, -0.2) is 0 Å². The zero-order chi connectivity index (χ0) is 13.4. The molecule has 100 valence electrons. The molecular formula is C14H21NO2S. The summed E-state index contributed by atoms with van der Waals surface area (Å²) in [5.41, 5.74) is 2.44. The maximum atomic E-state index is 11.5. The lowest BCUT2D eigenvalue weighted by molar-refractivity contribution is -0.133. The standard InChI is InChI=1S/C14H21NO2S/c1-12-6-4-5-7-13(12)8-9-14(16)17-18-11-10-15(2)3/h4-7H,8-11H2,1-3H3. The molecule has 0 atom stereocenters. The van der Waals surface area contributed by atoms with Crippen molar-refractivity contribution in [1.29, 1.82) is 0 Å². The topological polar surface area (TPSA) is 29.5 Å². The fraction of sp³-hybridized carbons (Fsp3) is 0.500. The summed E-state index contributed by atoms with van der Waals surface area (Å²) in [6.45, 7) is 2.97. The number of carbonyl (C=O) groups is 1. The van der Waals surface area contributed by atoms with Gasteiger partial charge >= 0.3 is 5.97 Å². The van der Waals surface area contributed by atoms with Crippen molar-refractivity contribution in [1.82, 2.24) is 4.90 Å². The number of hydrogen-bond acceptors (Lipinski definition) is 4. The average molecular weight is 267 g/mol. The van der Waals surface area contributed by atoms with E-state index in [1.165, 1.54) is 23.2 Å². The highest BCUT2D eigenvalue weighted by atomic mass is 32.2. The second kappa shape index (κ2) is 8.16. The first-order valence-corrected chi connectivity index (χ1v) is 7.02. The van der Waals surface area contributed by atoms with Crippen LogP contribution in [0.3, 0.4) is 0 Å². The van der Waals surface area contributed by atoms with Crippen LogP contribution in [-0.2, 0) is 15.4 Å². The van der Waals surface area contributed by atoms with Crippen LogP contribution >= 0.6 is 12.0 Å². The van der Waals surface area contributed by atoms with E-state index in [0.717, 1.165) is 18.7 Å². The molecule has 0 spiro atoms. The first-order valence-electron chi connectivity index (χ1n) is 6.11. The summed E-state index contributed by atoms with van der Waals surface area (Å²) in [6, 6.07) is 8.13. The van der Waals surface area contributed by atoms with Gasteiger partial charge in [-0.05, 0) is 38.6 Å². The molecule has 0 aromatic heterocycles. The van der Waals surface area contributed by atoms with E-state index in [9.17, 15) is 4.79 Å². The predicted octanol–water partition coefficient (Wildman–Crippen LogP) is 2.68. The molecule has 0 radical (unpaired) electrons. The molecule has 1 rings (SSSR count). The lowest BCUT2D eigenvalue weighted by atomic mass is 10.0. The number of carbonyl (C=O) groups excluding carboxylic acids is 1. The molecule has 3 nitrogen and oxygen atoms in total. The zero-order valence-corrected chi connectivity index (χ0v) is 12.1. The minimum atomic E-state index is -0.137. The van der Waals surface area contributed by atoms with Crippen molar-refractivity contribution < 1.29 is 8.98 Å². The Morgan fingerprint density at radius 1 is 1.33 bits per heavy atom. The summed E-state index contributed by atoms with van der Waals surface area (Å²) in [6.07, 6.45) is 1.19. The Hall–Kier alpha value is -1.00. The van der Waals surface area contributed by atoms with Gasteiger partial charge < -0.3 is 9.08 Å². The average Bonchev–Trinajstić information content (AvgIpc) is 2.33. The van der Waals surface area contributed by atoms with Crippen LogP contribution < -0.4 is 0 Å². The molecule has 18 heavy (non-hydrogen) atoms. The summed E-state index contributed by atoms with van der Waals surface area (Å²) in [7, 11) is 4.00. The van der Waals surface area contributed by atoms with Crippen molar-refractivity contribution in [2.45, 2.75) is 19.8 Å². The number of rotatable bonds is 7. The van der Waals surface area contributed by atoms with Crippen molar-refractivity contribution in [3.05, 3.63) is 35.4 Å². The van der Waals surface area contributed by atoms with Gasteiger partial charge in [-0.1, -0.05) is 24.3 Å². The fourth-order valence-electron chi connectivity index (χ4n) is 1.50. The molecule has 0 heterocycles. The van der Waals surface area contributed by atoms with Crippen LogP contribution in [0, 0.1) is 6.92 Å². The third-order valence-electron chi connectivity index (χ3n) is 2.63. The Morgan fingerprint density at radius 3 is 2.72 bits per heavy atom. The molecule has 1 aromatic rings. The normalized spacial score (nSPS) is 10.7. The molecule has 0 bridgehead atoms. The Kier molecular flexibility index (Phi) is 6.83. The van der Waals surface area contributed by atoms with Crippen LogP contribution in [0.5, 0.6) is 0 Å². The Labute approximate surface area is 114 Å². The molecule has 0 aliphatic carbocycles. The number of nitrogens with zero attached hydrogens (tertiary/aromatic N) is 1. The van der Waals surface area contributed by atoms with Gasteiger partial charge in [0.05, 0.1) is 18.5 Å². The van der Waals surface area contributed by atoms with Crippen LogP contribution in [-0.4, -0.2) is 37.3 Å². The van der Waals surface area contributed by atoms with E-state index in [0.29, 0.717) is 6.42 Å². The molecule has 1 aromatic carbocycles. The van der Waals surface area contributed by atoms with E-state index in [-0.39, 0.29) is 5.97 Å². The monoisotopic (exact) mass is 267 g/mol. The summed E-state index contributed by atoms with van der Waals surface area (Å²) >= 11 is 1.24. The smallest absolute Gasteiger partial charge is 0.318 e. The van der Waals surface area contributed by atoms with Crippen molar-refractivity contribution >= 4 is 18.0 Å². The highest BCUT2D eigenvalue weighted by Crippen LogP contribution is 2.11. The van der Waals surface area contributed by atoms with Gasteiger partial charge in [-0.2, -0.15) is 0 Å². The van der Waals surface area contributed by atoms with Crippen molar-refractivity contribution in [3.8, 4) is 0 Å². The zero-order valence-electron chi connectivity index (χ0n) is 11.3. The molecule has 0 saturated carbocycles. The summed E-state index contributed by atoms with van der Waals surface area (Å²) in [4.78, 5) is 13.6. The summed E-state index contributed by atoms with van der Waals surface area (Å²) in [5, 5.41) is 0. The first kappa shape index (κ1) is 15.1. The molecular weight excluding hydrogens is 246 g/mol. The third-order valence-corrected chi connectivity index (χ3v) is 3.29. The maximum Gasteiger partial charge on any atom is 0.318 e. The van der Waals surface area contributed by atoms with E-state index in [1.54, 1.807) is 0 Å². The van der Waals surface area contributed by atoms with Gasteiger partial charge in [0.2, 0.25) is 0 Å². The van der Waals surface area contributed by atoms with Crippen molar-refractivity contribution in [2.75, 3.05) is 26.4 Å². The van der Waals surface area contributed by atoms with Crippen LogP contribution in [0.1, 0.15) is 17.5 Å². The number of benzene rings is 1. The SMILES string of the molecule is Cc1ccccc1CCC(=O)OSCCN(C)C. The van der Waals surface area contributed by atoms with E-state index in [4.69, 9.17) is 4.18 Å². The second-order valence-corrected chi connectivity index (χ2v) is 5.32. The molecule has 0 fully saturated rings. The van der Waals surface area contributed by atoms with Crippen LogP contribution in [0.4, 0.5) is 0 Å². The summed E-state index contributed by atoms with van der Waals surface area (Å²) in [5.74, 6) is 0.672. The van der Waals surface area contributed by atoms with Crippen LogP contribution in [0.15, 0.2) is 24.3 Å². The van der Waals surface area contributed by atoms with Gasteiger partial charge in [0.1, 0.15) is 0 Å². The highest BCUT2D eigenvalue weighted by Gasteiger charge is 2.06. The molecule has 0 aliphatic rings. The molecule has 0 N–H and O–H groups in total. The highest BCUT2D eigenvalue weighted by molar-refractivity contribution is 7.95. The van der Waals surface area contributed by atoms with Crippen molar-refractivity contribution in [2.24, 2.45) is 0 Å². The first-order chi connectivity index (χ1) is 8.59. The predicted molar refractivity (Wildman–Crippen MR) is 76.6 cm³/mol. The lowest BCUT2D eigenvalue weighted by Gasteiger charge is -2.08. The number of aryl methyl sites for hydroxylation is 2. The largest absolute Gasteiger partial charge is 0.391 e. The second-order valence-electron chi connectivity index (χ2n) is 4.51. The minimum absolute atomic E-state index is 0.137. The molecule has 0 amide bonds. The Balaban J connectivity index is 2.19. The van der Waals surface area contributed by atoms with E-state index in [2.05, 4.69) is 24.0 Å². The number of hydrogen-bond donors (Lipinski definition) is 0. The minimum Gasteiger partial charge on any atom is -0.391 e. The quantitative estimate of drug-likeness (QED) is 0.561. The van der Waals surface area contributed by atoms with Crippen molar-refractivity contribution in [3.63, 3.8) is 0 Å². The van der Waals surface area contributed by atoms with E-state index >= 15 is 0 Å². The van der Waals surface area contributed by atoms with Crippen LogP contribution in [0.25, 0.3) is 0 Å². The Bertz CT molecular complexity index is 380. The Morgan fingerprint density at radius 2 is 2.06 bits per heavy atom. The van der Waals surface area contributed by atoms with Gasteiger partial charge in [-0.3, -0.25) is 4.79 Å². The lowest BCUT2D eigenvalue weighted by Crippen LogP contribution is -2.15. The van der Waals surface area contributed by atoms with Gasteiger partial charge in [0.15, 0.2) is 0 Å². The summed E-state index contributed by atoms with van der Waals surface area (Å²) < 4.78 is 5.11. The van der Waals surface area contributed by atoms with Gasteiger partial charge in [-0.15, -0.1) is 0 Å². The third kappa shape index (κ3) is 6.07. The van der Waals surface area contributed by atoms with Gasteiger partial charge in [0, 0.05) is 12.3 Å². The molecule has 0 aliphatic heterocycles. The van der Waals surface area contributed by atoms with Crippen LogP contribution in [0.2, 0.25) is 0 Å². The molecule has 0 unspecified atom stereocenters.